The Morgan fingerprint density at radius 2 is 2.12 bits per heavy atom. The number of carbonyl (C=O) groups excluding carboxylic acids is 1. The maximum absolute atomic E-state index is 11.6. The lowest BCUT2D eigenvalue weighted by Gasteiger charge is -2.14. The van der Waals surface area contributed by atoms with E-state index in [0.29, 0.717) is 18.4 Å². The van der Waals surface area contributed by atoms with Gasteiger partial charge in [0.15, 0.2) is 0 Å². The van der Waals surface area contributed by atoms with Gasteiger partial charge in [-0.25, -0.2) is 0 Å². The van der Waals surface area contributed by atoms with E-state index in [0.717, 1.165) is 51.8 Å². The van der Waals surface area contributed by atoms with Crippen molar-refractivity contribution in [3.63, 3.8) is 0 Å². The van der Waals surface area contributed by atoms with Gasteiger partial charge in [0.25, 0.3) is 0 Å². The molecule has 0 aromatic carbocycles. The van der Waals surface area contributed by atoms with Crippen LogP contribution < -0.4 is 11.1 Å². The summed E-state index contributed by atoms with van der Waals surface area (Å²) in [7, 11) is 0. The van der Waals surface area contributed by atoms with E-state index in [4.69, 9.17) is 10.5 Å². The van der Waals surface area contributed by atoms with Crippen LogP contribution >= 0.6 is 0 Å². The Morgan fingerprint density at radius 3 is 2.76 bits per heavy atom. The average molecular weight is 242 g/mol. The summed E-state index contributed by atoms with van der Waals surface area (Å²) < 4.78 is 5.46. The van der Waals surface area contributed by atoms with Gasteiger partial charge in [-0.15, -0.1) is 0 Å². The lowest BCUT2D eigenvalue weighted by molar-refractivity contribution is -0.121. The molecule has 2 atom stereocenters. The highest BCUT2D eigenvalue weighted by Gasteiger charge is 2.24. The first kappa shape index (κ1) is 14.5. The largest absolute Gasteiger partial charge is 0.378 e. The molecule has 1 aliphatic rings. The summed E-state index contributed by atoms with van der Waals surface area (Å²) in [6.07, 6.45) is 6.29. The van der Waals surface area contributed by atoms with Crippen molar-refractivity contribution < 1.29 is 9.53 Å². The van der Waals surface area contributed by atoms with Gasteiger partial charge in [0.2, 0.25) is 5.91 Å². The smallest absolute Gasteiger partial charge is 0.220 e. The highest BCUT2D eigenvalue weighted by atomic mass is 16.5. The maximum Gasteiger partial charge on any atom is 0.220 e. The van der Waals surface area contributed by atoms with Crippen LogP contribution in [0.25, 0.3) is 0 Å². The second kappa shape index (κ2) is 8.48. The molecule has 17 heavy (non-hydrogen) atoms. The van der Waals surface area contributed by atoms with E-state index < -0.39 is 0 Å². The summed E-state index contributed by atoms with van der Waals surface area (Å²) in [6.45, 7) is 4.44. The van der Waals surface area contributed by atoms with Crippen LogP contribution in [0, 0.1) is 5.92 Å². The molecule has 4 nitrogen and oxygen atoms in total. The van der Waals surface area contributed by atoms with E-state index in [2.05, 4.69) is 12.2 Å². The summed E-state index contributed by atoms with van der Waals surface area (Å²) in [5.74, 6) is 0.674. The third kappa shape index (κ3) is 6.03. The van der Waals surface area contributed by atoms with Crippen molar-refractivity contribution in [1.29, 1.82) is 0 Å². The first-order valence-electron chi connectivity index (χ1n) is 6.82. The topological polar surface area (TPSA) is 64.3 Å². The minimum Gasteiger partial charge on any atom is -0.378 e. The minimum absolute atomic E-state index is 0.178. The van der Waals surface area contributed by atoms with E-state index in [9.17, 15) is 4.79 Å². The Kier molecular flexibility index (Phi) is 7.21. The van der Waals surface area contributed by atoms with Gasteiger partial charge < -0.3 is 15.8 Å². The predicted octanol–water partition coefficient (Wildman–Crippen LogP) is 1.44. The fourth-order valence-corrected chi connectivity index (χ4v) is 2.16. The van der Waals surface area contributed by atoms with Crippen molar-refractivity contribution in [2.24, 2.45) is 11.7 Å². The number of amides is 1. The van der Waals surface area contributed by atoms with Gasteiger partial charge in [-0.3, -0.25) is 4.79 Å². The molecule has 1 saturated heterocycles. The van der Waals surface area contributed by atoms with Gasteiger partial charge in [-0.2, -0.15) is 0 Å². The van der Waals surface area contributed by atoms with Crippen molar-refractivity contribution in [3.8, 4) is 0 Å². The lowest BCUT2D eigenvalue weighted by Crippen LogP contribution is -2.31. The molecule has 0 aromatic heterocycles. The monoisotopic (exact) mass is 242 g/mol. The van der Waals surface area contributed by atoms with Gasteiger partial charge in [-0.1, -0.05) is 12.8 Å². The van der Waals surface area contributed by atoms with E-state index in [-0.39, 0.29) is 5.91 Å². The Hall–Kier alpha value is -0.610. The molecule has 1 rings (SSSR count). The normalized spacial score (nSPS) is 23.9. The Balaban J connectivity index is 1.97. The molecule has 1 heterocycles. The molecule has 0 aromatic rings. The SMILES string of the molecule is CC1OCCC1CNC(=O)CCCCCCN. The van der Waals surface area contributed by atoms with Crippen LogP contribution in [0.15, 0.2) is 0 Å². The zero-order valence-electron chi connectivity index (χ0n) is 10.9. The van der Waals surface area contributed by atoms with Crippen molar-refractivity contribution in [2.45, 2.75) is 51.6 Å². The highest BCUT2D eigenvalue weighted by Crippen LogP contribution is 2.19. The third-order valence-electron chi connectivity index (χ3n) is 3.45. The van der Waals surface area contributed by atoms with Crippen LogP contribution in [0.1, 0.15) is 45.4 Å². The van der Waals surface area contributed by atoms with Crippen molar-refractivity contribution in [2.75, 3.05) is 19.7 Å². The molecular weight excluding hydrogens is 216 g/mol. The molecule has 100 valence electrons. The zero-order valence-corrected chi connectivity index (χ0v) is 10.9. The molecule has 0 radical (unpaired) electrons. The van der Waals surface area contributed by atoms with Gasteiger partial charge in [0.05, 0.1) is 6.10 Å². The number of ether oxygens (including phenoxy) is 1. The zero-order chi connectivity index (χ0) is 12.5. The fourth-order valence-electron chi connectivity index (χ4n) is 2.16. The summed E-state index contributed by atoms with van der Waals surface area (Å²) in [5.41, 5.74) is 5.41. The fraction of sp³-hybridized carbons (Fsp3) is 0.923. The number of carbonyl (C=O) groups is 1. The van der Waals surface area contributed by atoms with E-state index in [1.54, 1.807) is 0 Å². The van der Waals surface area contributed by atoms with E-state index in [1.165, 1.54) is 0 Å². The first-order valence-corrected chi connectivity index (χ1v) is 6.82. The maximum atomic E-state index is 11.6. The van der Waals surface area contributed by atoms with Crippen molar-refractivity contribution in [1.82, 2.24) is 5.32 Å². The number of hydrogen-bond acceptors (Lipinski definition) is 3. The van der Waals surface area contributed by atoms with Crippen LogP contribution in [-0.2, 0) is 9.53 Å². The second-order valence-electron chi connectivity index (χ2n) is 4.88. The van der Waals surface area contributed by atoms with Crippen LogP contribution in [0.3, 0.4) is 0 Å². The van der Waals surface area contributed by atoms with Crippen LogP contribution in [-0.4, -0.2) is 31.7 Å². The molecule has 2 unspecified atom stereocenters. The standard InChI is InChI=1S/C13H26N2O2/c1-11-12(7-9-17-11)10-15-13(16)6-4-2-3-5-8-14/h11-12H,2-10,14H2,1H3,(H,15,16). The molecular formula is C13H26N2O2. The molecule has 0 bridgehead atoms. The van der Waals surface area contributed by atoms with Gasteiger partial charge in [-0.05, 0) is 32.7 Å². The number of unbranched alkanes of at least 4 members (excludes halogenated alkanes) is 3. The van der Waals surface area contributed by atoms with Gasteiger partial charge in [0, 0.05) is 25.5 Å². The molecule has 1 aliphatic heterocycles. The molecule has 1 fully saturated rings. The lowest BCUT2D eigenvalue weighted by atomic mass is 10.0. The van der Waals surface area contributed by atoms with E-state index >= 15 is 0 Å². The molecule has 0 saturated carbocycles. The molecule has 0 aliphatic carbocycles. The number of hydrogen-bond donors (Lipinski definition) is 2. The molecule has 4 heteroatoms. The molecule has 1 amide bonds. The summed E-state index contributed by atoms with van der Waals surface area (Å²) in [4.78, 5) is 11.6. The summed E-state index contributed by atoms with van der Waals surface area (Å²) in [6, 6.07) is 0. The molecule has 0 spiro atoms. The quantitative estimate of drug-likeness (QED) is 0.633. The number of nitrogens with one attached hydrogen (secondary N) is 1. The third-order valence-corrected chi connectivity index (χ3v) is 3.45. The van der Waals surface area contributed by atoms with Crippen LogP contribution in [0.5, 0.6) is 0 Å². The van der Waals surface area contributed by atoms with Crippen LogP contribution in [0.4, 0.5) is 0 Å². The first-order chi connectivity index (χ1) is 8.24. The molecule has 3 N–H and O–H groups in total. The van der Waals surface area contributed by atoms with E-state index in [1.807, 2.05) is 0 Å². The number of nitrogens with two attached hydrogens (primary N) is 1. The summed E-state index contributed by atoms with van der Waals surface area (Å²) >= 11 is 0. The second-order valence-corrected chi connectivity index (χ2v) is 4.88. The highest BCUT2D eigenvalue weighted by molar-refractivity contribution is 5.75. The average Bonchev–Trinajstić information content (AvgIpc) is 2.72. The van der Waals surface area contributed by atoms with Gasteiger partial charge >= 0.3 is 0 Å². The Bertz CT molecular complexity index is 221. The van der Waals surface area contributed by atoms with Crippen molar-refractivity contribution >= 4 is 5.91 Å². The predicted molar refractivity (Wildman–Crippen MR) is 68.7 cm³/mol. The van der Waals surface area contributed by atoms with Gasteiger partial charge in [0.1, 0.15) is 0 Å². The minimum atomic E-state index is 0.178. The van der Waals surface area contributed by atoms with Crippen molar-refractivity contribution in [3.05, 3.63) is 0 Å². The number of rotatable bonds is 8. The Labute approximate surface area is 104 Å². The summed E-state index contributed by atoms with van der Waals surface area (Å²) in [5, 5.41) is 3.00. The Morgan fingerprint density at radius 1 is 1.35 bits per heavy atom. The van der Waals surface area contributed by atoms with Crippen LogP contribution in [0.2, 0.25) is 0 Å².